The maximum absolute atomic E-state index is 11.8. The van der Waals surface area contributed by atoms with E-state index in [-0.39, 0.29) is 6.61 Å². The van der Waals surface area contributed by atoms with Crippen LogP contribution in [0.25, 0.3) is 0 Å². The molecule has 0 bridgehead atoms. The van der Waals surface area contributed by atoms with Crippen molar-refractivity contribution in [1.29, 1.82) is 0 Å². The summed E-state index contributed by atoms with van der Waals surface area (Å²) in [6.45, 7) is 4.10. The first-order valence-corrected chi connectivity index (χ1v) is 7.73. The standard InChI is InChI=1S/C19H22O3/c1-3-7-15-10-12-17(13-11-15)22-19(20)14-21-18-9-6-5-8-16(18)4-2/h5-6,8-13H,3-4,7,14H2,1-2H3. The lowest BCUT2D eigenvalue weighted by Crippen LogP contribution is -2.18. The van der Waals surface area contributed by atoms with Gasteiger partial charge in [0.1, 0.15) is 11.5 Å². The molecule has 0 spiro atoms. The number of hydrogen-bond donors (Lipinski definition) is 0. The molecule has 0 radical (unpaired) electrons. The van der Waals surface area contributed by atoms with Gasteiger partial charge in [-0.1, -0.05) is 50.6 Å². The second-order valence-electron chi connectivity index (χ2n) is 5.12. The lowest BCUT2D eigenvalue weighted by Gasteiger charge is -2.10. The third-order valence-corrected chi connectivity index (χ3v) is 3.39. The molecular weight excluding hydrogens is 276 g/mol. The summed E-state index contributed by atoms with van der Waals surface area (Å²) in [7, 11) is 0. The third kappa shape index (κ3) is 4.62. The highest BCUT2D eigenvalue weighted by Gasteiger charge is 2.08. The van der Waals surface area contributed by atoms with Gasteiger partial charge < -0.3 is 9.47 Å². The van der Waals surface area contributed by atoms with E-state index in [0.29, 0.717) is 5.75 Å². The van der Waals surface area contributed by atoms with E-state index < -0.39 is 5.97 Å². The molecule has 0 saturated heterocycles. The minimum Gasteiger partial charge on any atom is -0.482 e. The Hall–Kier alpha value is -2.29. The van der Waals surface area contributed by atoms with Gasteiger partial charge in [0.05, 0.1) is 0 Å². The van der Waals surface area contributed by atoms with Crippen LogP contribution in [0.5, 0.6) is 11.5 Å². The van der Waals surface area contributed by atoms with Crippen LogP contribution in [0.2, 0.25) is 0 Å². The van der Waals surface area contributed by atoms with Crippen molar-refractivity contribution in [2.24, 2.45) is 0 Å². The quantitative estimate of drug-likeness (QED) is 0.568. The largest absolute Gasteiger partial charge is 0.482 e. The summed E-state index contributed by atoms with van der Waals surface area (Å²) in [6, 6.07) is 15.3. The summed E-state index contributed by atoms with van der Waals surface area (Å²) < 4.78 is 10.8. The van der Waals surface area contributed by atoms with Crippen LogP contribution in [0.1, 0.15) is 31.4 Å². The Labute approximate surface area is 131 Å². The molecule has 0 aliphatic carbocycles. The van der Waals surface area contributed by atoms with Gasteiger partial charge >= 0.3 is 5.97 Å². The van der Waals surface area contributed by atoms with Crippen LogP contribution < -0.4 is 9.47 Å². The van der Waals surface area contributed by atoms with Crippen molar-refractivity contribution in [1.82, 2.24) is 0 Å². The fourth-order valence-corrected chi connectivity index (χ4v) is 2.25. The van der Waals surface area contributed by atoms with E-state index in [1.54, 1.807) is 0 Å². The van der Waals surface area contributed by atoms with Gasteiger partial charge in [-0.3, -0.25) is 0 Å². The molecule has 22 heavy (non-hydrogen) atoms. The van der Waals surface area contributed by atoms with Gasteiger partial charge in [-0.2, -0.15) is 0 Å². The molecule has 3 nitrogen and oxygen atoms in total. The molecular formula is C19H22O3. The molecule has 0 N–H and O–H groups in total. The molecule has 0 aromatic heterocycles. The highest BCUT2D eigenvalue weighted by molar-refractivity contribution is 5.74. The van der Waals surface area contributed by atoms with Crippen molar-refractivity contribution >= 4 is 5.97 Å². The fourth-order valence-electron chi connectivity index (χ4n) is 2.25. The molecule has 0 saturated carbocycles. The van der Waals surface area contributed by atoms with Crippen LogP contribution in [-0.2, 0) is 17.6 Å². The first-order chi connectivity index (χ1) is 10.7. The van der Waals surface area contributed by atoms with Gasteiger partial charge in [0, 0.05) is 0 Å². The van der Waals surface area contributed by atoms with Crippen LogP contribution in [0, 0.1) is 0 Å². The molecule has 2 rings (SSSR count). The van der Waals surface area contributed by atoms with E-state index in [1.807, 2.05) is 48.5 Å². The Balaban J connectivity index is 1.87. The third-order valence-electron chi connectivity index (χ3n) is 3.39. The molecule has 0 heterocycles. The average Bonchev–Trinajstić information content (AvgIpc) is 2.55. The molecule has 0 fully saturated rings. The monoisotopic (exact) mass is 298 g/mol. The molecule has 0 aliphatic heterocycles. The Morgan fingerprint density at radius 1 is 1.00 bits per heavy atom. The lowest BCUT2D eigenvalue weighted by atomic mass is 10.1. The highest BCUT2D eigenvalue weighted by atomic mass is 16.6. The van der Waals surface area contributed by atoms with Crippen molar-refractivity contribution in [3.63, 3.8) is 0 Å². The first-order valence-electron chi connectivity index (χ1n) is 7.73. The van der Waals surface area contributed by atoms with Crippen molar-refractivity contribution in [2.75, 3.05) is 6.61 Å². The normalized spacial score (nSPS) is 10.3. The average molecular weight is 298 g/mol. The topological polar surface area (TPSA) is 35.5 Å². The Morgan fingerprint density at radius 2 is 1.73 bits per heavy atom. The second kappa shape index (κ2) is 8.23. The Morgan fingerprint density at radius 3 is 2.41 bits per heavy atom. The van der Waals surface area contributed by atoms with Gasteiger partial charge in [0.2, 0.25) is 0 Å². The molecule has 0 amide bonds. The molecule has 2 aromatic carbocycles. The van der Waals surface area contributed by atoms with E-state index in [4.69, 9.17) is 9.47 Å². The van der Waals surface area contributed by atoms with E-state index in [9.17, 15) is 4.79 Å². The number of aryl methyl sites for hydroxylation is 2. The van der Waals surface area contributed by atoms with Gasteiger partial charge in [-0.25, -0.2) is 4.79 Å². The molecule has 0 unspecified atom stereocenters. The SMILES string of the molecule is CCCc1ccc(OC(=O)COc2ccccc2CC)cc1. The van der Waals surface area contributed by atoms with E-state index in [2.05, 4.69) is 13.8 Å². The predicted molar refractivity (Wildman–Crippen MR) is 87.4 cm³/mol. The summed E-state index contributed by atoms with van der Waals surface area (Å²) in [5.41, 5.74) is 2.33. The van der Waals surface area contributed by atoms with Gasteiger partial charge in [0.15, 0.2) is 6.61 Å². The second-order valence-corrected chi connectivity index (χ2v) is 5.12. The van der Waals surface area contributed by atoms with E-state index in [0.717, 1.165) is 30.6 Å². The van der Waals surface area contributed by atoms with Gasteiger partial charge in [-0.05, 0) is 42.2 Å². The van der Waals surface area contributed by atoms with Crippen LogP contribution in [0.15, 0.2) is 48.5 Å². The minimum absolute atomic E-state index is 0.0896. The van der Waals surface area contributed by atoms with Crippen LogP contribution >= 0.6 is 0 Å². The summed E-state index contributed by atoms with van der Waals surface area (Å²) in [5.74, 6) is 0.895. The van der Waals surface area contributed by atoms with Gasteiger partial charge in [-0.15, -0.1) is 0 Å². The zero-order valence-electron chi connectivity index (χ0n) is 13.2. The van der Waals surface area contributed by atoms with Crippen LogP contribution in [0.3, 0.4) is 0 Å². The fraction of sp³-hybridized carbons (Fsp3) is 0.316. The first kappa shape index (κ1) is 16.1. The van der Waals surface area contributed by atoms with E-state index >= 15 is 0 Å². The molecule has 0 atom stereocenters. The number of carbonyl (C=O) groups is 1. The maximum Gasteiger partial charge on any atom is 0.349 e. The maximum atomic E-state index is 11.8. The number of esters is 1. The number of rotatable bonds is 7. The van der Waals surface area contributed by atoms with Crippen molar-refractivity contribution in [2.45, 2.75) is 33.1 Å². The summed E-state index contributed by atoms with van der Waals surface area (Å²) >= 11 is 0. The van der Waals surface area contributed by atoms with Crippen molar-refractivity contribution in [3.8, 4) is 11.5 Å². The minimum atomic E-state index is -0.394. The van der Waals surface area contributed by atoms with Gasteiger partial charge in [0.25, 0.3) is 0 Å². The zero-order valence-corrected chi connectivity index (χ0v) is 13.2. The Bertz CT molecular complexity index is 602. The number of carbonyl (C=O) groups excluding carboxylic acids is 1. The number of ether oxygens (including phenoxy) is 2. The van der Waals surface area contributed by atoms with Crippen molar-refractivity contribution < 1.29 is 14.3 Å². The lowest BCUT2D eigenvalue weighted by molar-refractivity contribution is -0.136. The van der Waals surface area contributed by atoms with E-state index in [1.165, 1.54) is 5.56 Å². The number of para-hydroxylation sites is 1. The number of benzene rings is 2. The highest BCUT2D eigenvalue weighted by Crippen LogP contribution is 2.18. The summed E-state index contributed by atoms with van der Waals surface area (Å²) in [6.07, 6.45) is 3.00. The molecule has 2 aromatic rings. The molecule has 0 aliphatic rings. The van der Waals surface area contributed by atoms with Crippen LogP contribution in [-0.4, -0.2) is 12.6 Å². The Kier molecular flexibility index (Phi) is 6.01. The smallest absolute Gasteiger partial charge is 0.349 e. The number of hydrogen-bond acceptors (Lipinski definition) is 3. The van der Waals surface area contributed by atoms with Crippen molar-refractivity contribution in [3.05, 3.63) is 59.7 Å². The van der Waals surface area contributed by atoms with Crippen LogP contribution in [0.4, 0.5) is 0 Å². The summed E-state index contributed by atoms with van der Waals surface area (Å²) in [5, 5.41) is 0. The predicted octanol–water partition coefficient (Wildman–Crippen LogP) is 4.19. The molecule has 116 valence electrons. The summed E-state index contributed by atoms with van der Waals surface area (Å²) in [4.78, 5) is 11.8. The zero-order chi connectivity index (χ0) is 15.8. The molecule has 3 heteroatoms.